The molecule has 8 heteroatoms. The van der Waals surface area contributed by atoms with Crippen LogP contribution in [0.2, 0.25) is 0 Å². The Kier molecular flexibility index (Phi) is 4.83. The van der Waals surface area contributed by atoms with E-state index in [0.29, 0.717) is 22.9 Å². The van der Waals surface area contributed by atoms with E-state index in [1.165, 1.54) is 22.3 Å². The first-order valence-corrected chi connectivity index (χ1v) is 11.0. The van der Waals surface area contributed by atoms with Crippen LogP contribution in [0, 0.1) is 13.8 Å². The monoisotopic (exact) mass is 435 g/mol. The van der Waals surface area contributed by atoms with Crippen LogP contribution in [0.5, 0.6) is 0 Å². The lowest BCUT2D eigenvalue weighted by Crippen LogP contribution is -2.36. The molecule has 1 atom stereocenters. The van der Waals surface area contributed by atoms with E-state index in [2.05, 4.69) is 10.3 Å². The molecule has 0 bridgehead atoms. The number of aryl methyl sites for hydroxylation is 2. The highest BCUT2D eigenvalue weighted by molar-refractivity contribution is 7.22. The number of anilines is 1. The Labute approximate surface area is 183 Å². The lowest BCUT2D eigenvalue weighted by Gasteiger charge is -2.17. The van der Waals surface area contributed by atoms with Crippen LogP contribution in [0.3, 0.4) is 0 Å². The third-order valence-corrected chi connectivity index (χ3v) is 6.91. The van der Waals surface area contributed by atoms with E-state index in [0.717, 1.165) is 34.2 Å². The minimum Gasteiger partial charge on any atom is -0.376 e. The fourth-order valence-corrected chi connectivity index (χ4v) is 5.08. The third kappa shape index (κ3) is 3.41. The number of nitrogens with one attached hydrogen (secondary N) is 1. The Morgan fingerprint density at radius 1 is 1.16 bits per heavy atom. The number of rotatable bonds is 4. The Hall–Kier alpha value is -3.10. The number of nitrogens with zero attached hydrogens (tertiary/aromatic N) is 2. The number of benzene rings is 2. The van der Waals surface area contributed by atoms with Crippen molar-refractivity contribution in [2.45, 2.75) is 32.8 Å². The molecule has 2 aliphatic rings. The van der Waals surface area contributed by atoms with Gasteiger partial charge in [0, 0.05) is 12.2 Å². The third-order valence-electron chi connectivity index (χ3n) is 5.81. The van der Waals surface area contributed by atoms with Crippen molar-refractivity contribution in [3.05, 3.63) is 58.1 Å². The van der Waals surface area contributed by atoms with Crippen LogP contribution in [-0.4, -0.2) is 46.9 Å². The van der Waals surface area contributed by atoms with E-state index >= 15 is 0 Å². The van der Waals surface area contributed by atoms with Crippen molar-refractivity contribution < 1.29 is 19.1 Å². The average molecular weight is 436 g/mol. The van der Waals surface area contributed by atoms with Crippen LogP contribution in [0.25, 0.3) is 10.2 Å². The first-order chi connectivity index (χ1) is 14.9. The van der Waals surface area contributed by atoms with E-state index in [1.54, 1.807) is 12.1 Å². The number of thiazole rings is 1. The fourth-order valence-electron chi connectivity index (χ4n) is 4.07. The van der Waals surface area contributed by atoms with Crippen molar-refractivity contribution >= 4 is 44.4 Å². The number of carbonyl (C=O) groups is 3. The Morgan fingerprint density at radius 2 is 1.94 bits per heavy atom. The van der Waals surface area contributed by atoms with E-state index in [4.69, 9.17) is 4.74 Å². The Balaban J connectivity index is 1.38. The molecule has 1 N–H and O–H groups in total. The number of fused-ring (bicyclic) bond motifs is 2. The van der Waals surface area contributed by atoms with Gasteiger partial charge in [-0.05, 0) is 56.0 Å². The highest BCUT2D eigenvalue weighted by Crippen LogP contribution is 2.31. The molecule has 5 rings (SSSR count). The summed E-state index contributed by atoms with van der Waals surface area (Å²) in [7, 11) is 0. The fraction of sp³-hybridized carbons (Fsp3) is 0.304. The van der Waals surface area contributed by atoms with Crippen molar-refractivity contribution in [1.82, 2.24) is 9.88 Å². The average Bonchev–Trinajstić information content (AvgIpc) is 3.48. The van der Waals surface area contributed by atoms with Gasteiger partial charge in [0.1, 0.15) is 0 Å². The van der Waals surface area contributed by atoms with Crippen molar-refractivity contribution in [1.29, 1.82) is 0 Å². The summed E-state index contributed by atoms with van der Waals surface area (Å²) in [5, 5.41) is 3.33. The summed E-state index contributed by atoms with van der Waals surface area (Å²) >= 11 is 1.42. The molecule has 2 aliphatic heterocycles. The Bertz CT molecular complexity index is 1200. The molecule has 31 heavy (non-hydrogen) atoms. The summed E-state index contributed by atoms with van der Waals surface area (Å²) in [4.78, 5) is 44.1. The van der Waals surface area contributed by atoms with Gasteiger partial charge in [0.15, 0.2) is 5.13 Å². The van der Waals surface area contributed by atoms with Crippen molar-refractivity contribution in [3.8, 4) is 0 Å². The number of aromatic nitrogens is 1. The Morgan fingerprint density at radius 3 is 2.68 bits per heavy atom. The van der Waals surface area contributed by atoms with Gasteiger partial charge < -0.3 is 4.74 Å². The van der Waals surface area contributed by atoms with Crippen LogP contribution in [0.4, 0.5) is 5.13 Å². The van der Waals surface area contributed by atoms with E-state index in [-0.39, 0.29) is 35.9 Å². The van der Waals surface area contributed by atoms with Crippen LogP contribution in [-0.2, 0) is 4.74 Å². The number of amides is 3. The van der Waals surface area contributed by atoms with Gasteiger partial charge in [-0.15, -0.1) is 0 Å². The molecule has 0 spiro atoms. The molecule has 3 aromatic rings. The summed E-state index contributed by atoms with van der Waals surface area (Å²) in [6.07, 6.45) is 1.65. The van der Waals surface area contributed by atoms with Gasteiger partial charge in [-0.1, -0.05) is 23.5 Å². The first kappa shape index (κ1) is 19.8. The molecule has 7 nitrogen and oxygen atoms in total. The first-order valence-electron chi connectivity index (χ1n) is 10.2. The van der Waals surface area contributed by atoms with E-state index in [1.807, 2.05) is 26.0 Å². The molecule has 1 unspecified atom stereocenters. The zero-order valence-electron chi connectivity index (χ0n) is 17.2. The standard InChI is InChI=1S/C23H21N3O4S/c1-12-5-6-13(2)19-18(12)24-23(31-19)25-20(27)14-7-8-16-17(10-14)22(29)26(21(16)28)11-15-4-3-9-30-15/h5-8,10,15H,3-4,9,11H2,1-2H3,(H,24,25,27). The molecular weight excluding hydrogens is 414 g/mol. The molecule has 158 valence electrons. The molecule has 0 aliphatic carbocycles. The lowest BCUT2D eigenvalue weighted by molar-refractivity contribution is 0.0475. The summed E-state index contributed by atoms with van der Waals surface area (Å²) in [6.45, 7) is 4.90. The molecule has 3 heterocycles. The number of imide groups is 1. The molecule has 1 fully saturated rings. The van der Waals surface area contributed by atoms with Crippen LogP contribution in [0.1, 0.15) is 55.0 Å². The second-order valence-corrected chi connectivity index (χ2v) is 8.97. The van der Waals surface area contributed by atoms with Gasteiger partial charge >= 0.3 is 0 Å². The molecule has 1 saturated heterocycles. The summed E-state index contributed by atoms with van der Waals surface area (Å²) < 4.78 is 6.60. The zero-order valence-corrected chi connectivity index (χ0v) is 18.0. The highest BCUT2D eigenvalue weighted by atomic mass is 32.1. The molecule has 0 radical (unpaired) electrons. The van der Waals surface area contributed by atoms with Crippen LogP contribution in [0.15, 0.2) is 30.3 Å². The summed E-state index contributed by atoms with van der Waals surface area (Å²) in [5.41, 5.74) is 3.92. The normalized spacial score (nSPS) is 18.1. The number of hydrogen-bond acceptors (Lipinski definition) is 6. The minimum absolute atomic E-state index is 0.115. The topological polar surface area (TPSA) is 88.6 Å². The van der Waals surface area contributed by atoms with E-state index < -0.39 is 0 Å². The summed E-state index contributed by atoms with van der Waals surface area (Å²) in [6, 6.07) is 8.65. The molecular formula is C23H21N3O4S. The minimum atomic E-state index is -0.378. The zero-order chi connectivity index (χ0) is 21.7. The highest BCUT2D eigenvalue weighted by Gasteiger charge is 2.38. The maximum Gasteiger partial charge on any atom is 0.261 e. The predicted molar refractivity (Wildman–Crippen MR) is 118 cm³/mol. The van der Waals surface area contributed by atoms with Crippen LogP contribution >= 0.6 is 11.3 Å². The van der Waals surface area contributed by atoms with E-state index in [9.17, 15) is 14.4 Å². The molecule has 0 saturated carbocycles. The number of ether oxygens (including phenoxy) is 1. The second kappa shape index (κ2) is 7.55. The van der Waals surface area contributed by atoms with Gasteiger partial charge in [-0.2, -0.15) is 0 Å². The lowest BCUT2D eigenvalue weighted by atomic mass is 10.1. The largest absolute Gasteiger partial charge is 0.376 e. The quantitative estimate of drug-likeness (QED) is 0.627. The molecule has 1 aromatic heterocycles. The second-order valence-electron chi connectivity index (χ2n) is 7.97. The van der Waals surface area contributed by atoms with Gasteiger partial charge in [-0.25, -0.2) is 4.98 Å². The predicted octanol–water partition coefficient (Wildman–Crippen LogP) is 3.94. The maximum atomic E-state index is 12.8. The van der Waals surface area contributed by atoms with Crippen molar-refractivity contribution in [2.75, 3.05) is 18.5 Å². The maximum absolute atomic E-state index is 12.8. The van der Waals surface area contributed by atoms with Crippen LogP contribution < -0.4 is 5.32 Å². The molecule has 2 aromatic carbocycles. The smallest absolute Gasteiger partial charge is 0.261 e. The van der Waals surface area contributed by atoms with Crippen molar-refractivity contribution in [2.24, 2.45) is 0 Å². The SMILES string of the molecule is Cc1ccc(C)c2sc(NC(=O)c3ccc4c(c3)C(=O)N(CC3CCCO3)C4=O)nc12. The van der Waals surface area contributed by atoms with Gasteiger partial charge in [-0.3, -0.25) is 24.6 Å². The van der Waals surface area contributed by atoms with Gasteiger partial charge in [0.05, 0.1) is 34.0 Å². The van der Waals surface area contributed by atoms with Gasteiger partial charge in [0.2, 0.25) is 0 Å². The van der Waals surface area contributed by atoms with Crippen molar-refractivity contribution in [3.63, 3.8) is 0 Å². The summed E-state index contributed by atoms with van der Waals surface area (Å²) in [5.74, 6) is -1.08. The van der Waals surface area contributed by atoms with Gasteiger partial charge in [0.25, 0.3) is 17.7 Å². The molecule has 3 amide bonds. The number of carbonyl (C=O) groups excluding carboxylic acids is 3. The number of hydrogen-bond donors (Lipinski definition) is 1.